The molecule has 4 heteroatoms. The Bertz CT molecular complexity index is 329. The van der Waals surface area contributed by atoms with Gasteiger partial charge in [-0.2, -0.15) is 5.10 Å². The van der Waals surface area contributed by atoms with Gasteiger partial charge in [0, 0.05) is 5.92 Å². The van der Waals surface area contributed by atoms with Crippen LogP contribution in [0.5, 0.6) is 0 Å². The largest absolute Gasteiger partial charge is 0.461 e. The smallest absolute Gasteiger partial charge is 0.356 e. The van der Waals surface area contributed by atoms with Gasteiger partial charge in [0.1, 0.15) is 5.69 Å². The van der Waals surface area contributed by atoms with Gasteiger partial charge in [0.05, 0.1) is 12.3 Å². The minimum Gasteiger partial charge on any atom is -0.461 e. The van der Waals surface area contributed by atoms with E-state index in [1.165, 1.54) is 19.3 Å². The zero-order valence-corrected chi connectivity index (χ0v) is 8.25. The average molecular weight is 194 g/mol. The molecule has 1 aliphatic rings. The van der Waals surface area contributed by atoms with Crippen molar-refractivity contribution in [2.45, 2.75) is 32.1 Å². The summed E-state index contributed by atoms with van der Waals surface area (Å²) in [5, 5.41) is 6.83. The Kier molecular flexibility index (Phi) is 2.52. The van der Waals surface area contributed by atoms with Crippen LogP contribution >= 0.6 is 0 Å². The molecule has 1 saturated carbocycles. The molecule has 76 valence electrons. The van der Waals surface area contributed by atoms with Gasteiger partial charge in [0.15, 0.2) is 0 Å². The van der Waals surface area contributed by atoms with Crippen LogP contribution in [0.2, 0.25) is 0 Å². The highest BCUT2D eigenvalue weighted by molar-refractivity contribution is 5.87. The van der Waals surface area contributed by atoms with Gasteiger partial charge in [-0.1, -0.05) is 6.42 Å². The molecule has 0 saturated heterocycles. The minimum atomic E-state index is -0.314. The number of esters is 1. The second kappa shape index (κ2) is 3.82. The number of nitrogens with one attached hydrogen (secondary N) is 1. The Labute approximate surface area is 82.7 Å². The number of carbonyl (C=O) groups excluding carboxylic acids is 1. The minimum absolute atomic E-state index is 0.314. The Morgan fingerprint density at radius 1 is 1.71 bits per heavy atom. The Morgan fingerprint density at radius 2 is 2.50 bits per heavy atom. The topological polar surface area (TPSA) is 55.0 Å². The van der Waals surface area contributed by atoms with Crippen LogP contribution in [0.4, 0.5) is 0 Å². The molecule has 0 amide bonds. The van der Waals surface area contributed by atoms with Gasteiger partial charge in [0.2, 0.25) is 0 Å². The molecule has 1 heterocycles. The number of hydrogen-bond acceptors (Lipinski definition) is 3. The predicted molar refractivity (Wildman–Crippen MR) is 51.1 cm³/mol. The Hall–Kier alpha value is -1.32. The number of rotatable bonds is 3. The molecule has 1 aliphatic carbocycles. The second-order valence-electron chi connectivity index (χ2n) is 3.55. The van der Waals surface area contributed by atoms with Crippen molar-refractivity contribution in [2.75, 3.05) is 6.61 Å². The third-order valence-corrected chi connectivity index (χ3v) is 2.62. The summed E-state index contributed by atoms with van der Waals surface area (Å²) in [6, 6.07) is 1.81. The third-order valence-electron chi connectivity index (χ3n) is 2.62. The first-order valence-corrected chi connectivity index (χ1v) is 5.03. The Balaban J connectivity index is 2.05. The summed E-state index contributed by atoms with van der Waals surface area (Å²) in [5.41, 5.74) is 1.47. The molecular formula is C10H14N2O2. The molecule has 0 spiro atoms. The summed E-state index contributed by atoms with van der Waals surface area (Å²) in [4.78, 5) is 11.3. The first-order valence-electron chi connectivity index (χ1n) is 5.03. The van der Waals surface area contributed by atoms with Crippen molar-refractivity contribution in [3.63, 3.8) is 0 Å². The molecule has 0 atom stereocenters. The van der Waals surface area contributed by atoms with Gasteiger partial charge in [0.25, 0.3) is 0 Å². The summed E-state index contributed by atoms with van der Waals surface area (Å²) in [5.74, 6) is 0.236. The van der Waals surface area contributed by atoms with Crippen molar-refractivity contribution < 1.29 is 9.53 Å². The maximum Gasteiger partial charge on any atom is 0.356 e. The third kappa shape index (κ3) is 1.64. The molecule has 14 heavy (non-hydrogen) atoms. The second-order valence-corrected chi connectivity index (χ2v) is 3.55. The normalized spacial score (nSPS) is 16.4. The maximum absolute atomic E-state index is 11.3. The van der Waals surface area contributed by atoms with E-state index in [4.69, 9.17) is 4.74 Å². The summed E-state index contributed by atoms with van der Waals surface area (Å²) in [6.07, 6.45) is 3.65. The van der Waals surface area contributed by atoms with Gasteiger partial charge in [-0.15, -0.1) is 0 Å². The van der Waals surface area contributed by atoms with Crippen molar-refractivity contribution in [3.05, 3.63) is 17.5 Å². The van der Waals surface area contributed by atoms with Gasteiger partial charge in [-0.3, -0.25) is 5.10 Å². The van der Waals surface area contributed by atoms with Crippen LogP contribution in [0.15, 0.2) is 6.07 Å². The molecule has 1 N–H and O–H groups in total. The molecule has 0 aromatic carbocycles. The summed E-state index contributed by atoms with van der Waals surface area (Å²) in [6.45, 7) is 2.19. The van der Waals surface area contributed by atoms with Crippen molar-refractivity contribution in [1.29, 1.82) is 0 Å². The number of ether oxygens (including phenoxy) is 1. The SMILES string of the molecule is CCOC(=O)c1cc(C2CCC2)n[nH]1. The van der Waals surface area contributed by atoms with E-state index in [1.54, 1.807) is 6.92 Å². The average Bonchev–Trinajstić information content (AvgIpc) is 2.50. The number of aromatic nitrogens is 2. The van der Waals surface area contributed by atoms with Crippen LogP contribution in [0, 0.1) is 0 Å². The van der Waals surface area contributed by atoms with Crippen molar-refractivity contribution in [1.82, 2.24) is 10.2 Å². The standard InChI is InChI=1S/C10H14N2O2/c1-2-14-10(13)9-6-8(11-12-9)7-4-3-5-7/h6-7H,2-5H2,1H3,(H,11,12). The lowest BCUT2D eigenvalue weighted by Gasteiger charge is -2.22. The zero-order chi connectivity index (χ0) is 9.97. The van der Waals surface area contributed by atoms with Crippen LogP contribution in [0.25, 0.3) is 0 Å². The number of nitrogens with zero attached hydrogens (tertiary/aromatic N) is 1. The number of carbonyl (C=O) groups is 1. The lowest BCUT2D eigenvalue weighted by molar-refractivity contribution is 0.0519. The highest BCUT2D eigenvalue weighted by atomic mass is 16.5. The van der Waals surface area contributed by atoms with E-state index in [1.807, 2.05) is 6.07 Å². The predicted octanol–water partition coefficient (Wildman–Crippen LogP) is 1.85. The Morgan fingerprint density at radius 3 is 3.07 bits per heavy atom. The molecule has 1 aromatic rings. The summed E-state index contributed by atoms with van der Waals surface area (Å²) >= 11 is 0. The van der Waals surface area contributed by atoms with E-state index in [0.717, 1.165) is 5.69 Å². The van der Waals surface area contributed by atoms with Crippen molar-refractivity contribution in [3.8, 4) is 0 Å². The highest BCUT2D eigenvalue weighted by Crippen LogP contribution is 2.35. The fourth-order valence-electron chi connectivity index (χ4n) is 1.56. The molecule has 1 fully saturated rings. The van der Waals surface area contributed by atoms with Crippen LogP contribution in [0.3, 0.4) is 0 Å². The maximum atomic E-state index is 11.3. The van der Waals surface area contributed by atoms with Crippen molar-refractivity contribution >= 4 is 5.97 Å². The molecule has 0 unspecified atom stereocenters. The highest BCUT2D eigenvalue weighted by Gasteiger charge is 2.23. The first kappa shape index (κ1) is 9.24. The lowest BCUT2D eigenvalue weighted by atomic mass is 9.83. The van der Waals surface area contributed by atoms with E-state index in [2.05, 4.69) is 10.2 Å². The van der Waals surface area contributed by atoms with Crippen LogP contribution < -0.4 is 0 Å². The molecule has 0 bridgehead atoms. The van der Waals surface area contributed by atoms with Crippen LogP contribution in [-0.2, 0) is 4.74 Å². The van der Waals surface area contributed by atoms with Gasteiger partial charge in [-0.05, 0) is 25.8 Å². The fraction of sp³-hybridized carbons (Fsp3) is 0.600. The molecule has 2 rings (SSSR count). The summed E-state index contributed by atoms with van der Waals surface area (Å²) in [7, 11) is 0. The van der Waals surface area contributed by atoms with Crippen LogP contribution in [0.1, 0.15) is 48.3 Å². The number of H-pyrrole nitrogens is 1. The zero-order valence-electron chi connectivity index (χ0n) is 8.25. The van der Waals surface area contributed by atoms with E-state index in [9.17, 15) is 4.79 Å². The van der Waals surface area contributed by atoms with Gasteiger partial charge < -0.3 is 4.74 Å². The molecular weight excluding hydrogens is 180 g/mol. The monoisotopic (exact) mass is 194 g/mol. The summed E-state index contributed by atoms with van der Waals surface area (Å²) < 4.78 is 4.86. The van der Waals surface area contributed by atoms with E-state index >= 15 is 0 Å². The number of hydrogen-bond donors (Lipinski definition) is 1. The molecule has 4 nitrogen and oxygen atoms in total. The molecule has 0 aliphatic heterocycles. The van der Waals surface area contributed by atoms with Gasteiger partial charge >= 0.3 is 5.97 Å². The quantitative estimate of drug-likeness (QED) is 0.747. The van der Waals surface area contributed by atoms with Crippen molar-refractivity contribution in [2.24, 2.45) is 0 Å². The first-order chi connectivity index (χ1) is 6.81. The fourth-order valence-corrected chi connectivity index (χ4v) is 1.56. The lowest BCUT2D eigenvalue weighted by Crippen LogP contribution is -2.08. The van der Waals surface area contributed by atoms with E-state index in [0.29, 0.717) is 18.2 Å². The molecule has 1 aromatic heterocycles. The van der Waals surface area contributed by atoms with Crippen LogP contribution in [-0.4, -0.2) is 22.8 Å². The van der Waals surface area contributed by atoms with E-state index < -0.39 is 0 Å². The van der Waals surface area contributed by atoms with E-state index in [-0.39, 0.29) is 5.97 Å². The number of aromatic amines is 1. The molecule has 0 radical (unpaired) electrons. The van der Waals surface area contributed by atoms with Gasteiger partial charge in [-0.25, -0.2) is 4.79 Å².